The number of likely N-dealkylation sites (N-methyl/N-ethyl adjacent to an activating group) is 1. The fraction of sp³-hybridized carbons (Fsp3) is 0.235. The Kier molecular flexibility index (Phi) is 5.01. The molecule has 2 aromatic rings. The lowest BCUT2D eigenvalue weighted by Gasteiger charge is -2.17. The normalized spacial score (nSPS) is 14.5. The first-order valence-electron chi connectivity index (χ1n) is 7.76. The zero-order chi connectivity index (χ0) is 18.0. The summed E-state index contributed by atoms with van der Waals surface area (Å²) in [7, 11) is -3.78. The predicted molar refractivity (Wildman–Crippen MR) is 98.5 cm³/mol. The van der Waals surface area contributed by atoms with Crippen molar-refractivity contribution >= 4 is 37.5 Å². The molecule has 0 radical (unpaired) electrons. The molecule has 2 aromatic carbocycles. The van der Waals surface area contributed by atoms with Crippen molar-refractivity contribution in [3.63, 3.8) is 0 Å². The molecule has 1 aliphatic rings. The molecule has 0 aromatic heterocycles. The number of anilines is 1. The number of rotatable bonds is 4. The summed E-state index contributed by atoms with van der Waals surface area (Å²) in [6.07, 6.45) is 0. The number of fused-ring (bicyclic) bond motifs is 1. The van der Waals surface area contributed by atoms with E-state index < -0.39 is 10.0 Å². The van der Waals surface area contributed by atoms with Gasteiger partial charge in [-0.3, -0.25) is 9.52 Å². The first-order chi connectivity index (χ1) is 11.9. The highest BCUT2D eigenvalue weighted by atomic mass is 79.9. The van der Waals surface area contributed by atoms with E-state index in [1.54, 1.807) is 35.2 Å². The molecule has 0 bridgehead atoms. The first-order valence-corrected chi connectivity index (χ1v) is 10.0. The third-order valence-corrected chi connectivity index (χ3v) is 6.27. The summed E-state index contributed by atoms with van der Waals surface area (Å²) in [5.74, 6) is 0.293. The standard InChI is InChI=1S/C17H17BrN2O4S/c1-2-20-9-10-24-15-8-7-12(11-13(15)17(20)21)19-25(22,23)16-6-4-3-5-14(16)18/h3-8,11,19H,2,9-10H2,1H3. The summed E-state index contributed by atoms with van der Waals surface area (Å²) in [5, 5.41) is 0. The van der Waals surface area contributed by atoms with Crippen LogP contribution in [0.5, 0.6) is 5.75 Å². The van der Waals surface area contributed by atoms with Crippen molar-refractivity contribution in [2.75, 3.05) is 24.4 Å². The lowest BCUT2D eigenvalue weighted by atomic mass is 10.1. The Morgan fingerprint density at radius 2 is 2.00 bits per heavy atom. The smallest absolute Gasteiger partial charge is 0.263 e. The highest BCUT2D eigenvalue weighted by Gasteiger charge is 2.24. The molecule has 0 aliphatic carbocycles. The second kappa shape index (κ2) is 7.05. The topological polar surface area (TPSA) is 75.7 Å². The number of sulfonamides is 1. The average molecular weight is 425 g/mol. The Bertz CT molecular complexity index is 915. The molecule has 132 valence electrons. The van der Waals surface area contributed by atoms with Gasteiger partial charge in [-0.05, 0) is 53.2 Å². The number of carbonyl (C=O) groups is 1. The van der Waals surface area contributed by atoms with Crippen LogP contribution in [0.3, 0.4) is 0 Å². The summed E-state index contributed by atoms with van der Waals surface area (Å²) >= 11 is 3.24. The molecule has 0 atom stereocenters. The molecule has 0 unspecified atom stereocenters. The monoisotopic (exact) mass is 424 g/mol. The van der Waals surface area contributed by atoms with Gasteiger partial charge in [-0.1, -0.05) is 12.1 Å². The van der Waals surface area contributed by atoms with Crippen molar-refractivity contribution in [2.24, 2.45) is 0 Å². The molecule has 0 saturated heterocycles. The SMILES string of the molecule is CCN1CCOc2ccc(NS(=O)(=O)c3ccccc3Br)cc2C1=O. The summed E-state index contributed by atoms with van der Waals surface area (Å²) in [6.45, 7) is 3.37. The van der Waals surface area contributed by atoms with E-state index in [9.17, 15) is 13.2 Å². The number of carbonyl (C=O) groups excluding carboxylic acids is 1. The van der Waals surface area contributed by atoms with Crippen LogP contribution in [0.25, 0.3) is 0 Å². The van der Waals surface area contributed by atoms with Gasteiger partial charge in [0.2, 0.25) is 0 Å². The van der Waals surface area contributed by atoms with Crippen molar-refractivity contribution in [1.29, 1.82) is 0 Å². The summed E-state index contributed by atoms with van der Waals surface area (Å²) in [6, 6.07) is 11.3. The van der Waals surface area contributed by atoms with E-state index in [0.717, 1.165) is 0 Å². The number of nitrogens with one attached hydrogen (secondary N) is 1. The van der Waals surface area contributed by atoms with Crippen LogP contribution >= 0.6 is 15.9 Å². The molecule has 1 amide bonds. The maximum Gasteiger partial charge on any atom is 0.263 e. The highest BCUT2D eigenvalue weighted by Crippen LogP contribution is 2.29. The van der Waals surface area contributed by atoms with Crippen LogP contribution in [-0.2, 0) is 10.0 Å². The van der Waals surface area contributed by atoms with Crippen LogP contribution in [0, 0.1) is 0 Å². The van der Waals surface area contributed by atoms with Gasteiger partial charge in [0.05, 0.1) is 12.1 Å². The van der Waals surface area contributed by atoms with Crippen molar-refractivity contribution in [2.45, 2.75) is 11.8 Å². The Morgan fingerprint density at radius 3 is 2.72 bits per heavy atom. The van der Waals surface area contributed by atoms with Crippen LogP contribution in [-0.4, -0.2) is 38.9 Å². The van der Waals surface area contributed by atoms with Crippen molar-refractivity contribution in [3.05, 3.63) is 52.5 Å². The molecule has 0 fully saturated rings. The lowest BCUT2D eigenvalue weighted by molar-refractivity contribution is 0.0765. The number of ether oxygens (including phenoxy) is 1. The fourth-order valence-corrected chi connectivity index (χ4v) is 4.65. The van der Waals surface area contributed by atoms with Gasteiger partial charge in [0.15, 0.2) is 0 Å². The van der Waals surface area contributed by atoms with Crippen LogP contribution in [0.15, 0.2) is 51.8 Å². The maximum absolute atomic E-state index is 12.6. The maximum atomic E-state index is 12.6. The van der Waals surface area contributed by atoms with Gasteiger partial charge in [0.1, 0.15) is 17.3 Å². The van der Waals surface area contributed by atoms with Gasteiger partial charge in [-0.2, -0.15) is 0 Å². The van der Waals surface area contributed by atoms with Crippen LogP contribution in [0.2, 0.25) is 0 Å². The molecule has 0 saturated carbocycles. The van der Waals surface area contributed by atoms with E-state index in [1.807, 2.05) is 6.92 Å². The van der Waals surface area contributed by atoms with Crippen LogP contribution in [0.1, 0.15) is 17.3 Å². The average Bonchev–Trinajstić information content (AvgIpc) is 2.74. The van der Waals surface area contributed by atoms with Crippen molar-refractivity contribution < 1.29 is 17.9 Å². The van der Waals surface area contributed by atoms with Crippen LogP contribution in [0.4, 0.5) is 5.69 Å². The van der Waals surface area contributed by atoms with Crippen LogP contribution < -0.4 is 9.46 Å². The summed E-state index contributed by atoms with van der Waals surface area (Å²) < 4.78 is 33.8. The minimum Gasteiger partial charge on any atom is -0.491 e. The van der Waals surface area contributed by atoms with Gasteiger partial charge in [0.25, 0.3) is 15.9 Å². The first kappa shape index (κ1) is 17.8. The van der Waals surface area contributed by atoms with Gasteiger partial charge in [-0.25, -0.2) is 8.42 Å². The Balaban J connectivity index is 1.95. The third kappa shape index (κ3) is 3.64. The fourth-order valence-electron chi connectivity index (χ4n) is 2.60. The molecule has 1 heterocycles. The summed E-state index contributed by atoms with van der Waals surface area (Å²) in [4.78, 5) is 14.4. The Labute approximate surface area is 155 Å². The number of hydrogen-bond donors (Lipinski definition) is 1. The second-order valence-electron chi connectivity index (χ2n) is 5.48. The number of halogens is 1. The number of nitrogens with zero attached hydrogens (tertiary/aromatic N) is 1. The van der Waals surface area contributed by atoms with E-state index in [2.05, 4.69) is 20.7 Å². The molecule has 25 heavy (non-hydrogen) atoms. The molecule has 0 spiro atoms. The molecule has 3 rings (SSSR count). The number of benzene rings is 2. The lowest BCUT2D eigenvalue weighted by Crippen LogP contribution is -2.32. The van der Waals surface area contributed by atoms with Gasteiger partial charge >= 0.3 is 0 Å². The largest absolute Gasteiger partial charge is 0.491 e. The molecule has 1 N–H and O–H groups in total. The quantitative estimate of drug-likeness (QED) is 0.817. The van der Waals surface area contributed by atoms with E-state index >= 15 is 0 Å². The second-order valence-corrected chi connectivity index (χ2v) is 7.99. The Hall–Kier alpha value is -2.06. The van der Waals surface area contributed by atoms with Crippen molar-refractivity contribution in [3.8, 4) is 5.75 Å². The van der Waals surface area contributed by atoms with E-state index in [0.29, 0.717) is 41.2 Å². The zero-order valence-corrected chi connectivity index (χ0v) is 15.9. The number of amides is 1. The van der Waals surface area contributed by atoms with E-state index in [4.69, 9.17) is 4.74 Å². The molecule has 8 heteroatoms. The zero-order valence-electron chi connectivity index (χ0n) is 13.5. The summed E-state index contributed by atoms with van der Waals surface area (Å²) in [5.41, 5.74) is 0.663. The third-order valence-electron chi connectivity index (χ3n) is 3.88. The minimum atomic E-state index is -3.78. The van der Waals surface area contributed by atoms with Gasteiger partial charge in [0, 0.05) is 16.7 Å². The van der Waals surface area contributed by atoms with E-state index in [-0.39, 0.29) is 10.8 Å². The molecular weight excluding hydrogens is 408 g/mol. The predicted octanol–water partition coefficient (Wildman–Crippen LogP) is 3.10. The Morgan fingerprint density at radius 1 is 1.24 bits per heavy atom. The minimum absolute atomic E-state index is 0.128. The molecular formula is C17H17BrN2O4S. The van der Waals surface area contributed by atoms with Gasteiger partial charge in [-0.15, -0.1) is 0 Å². The molecule has 6 nitrogen and oxygen atoms in total. The van der Waals surface area contributed by atoms with Crippen molar-refractivity contribution in [1.82, 2.24) is 4.90 Å². The number of hydrogen-bond acceptors (Lipinski definition) is 4. The van der Waals surface area contributed by atoms with E-state index in [1.165, 1.54) is 12.1 Å². The molecule has 1 aliphatic heterocycles. The van der Waals surface area contributed by atoms with Gasteiger partial charge < -0.3 is 9.64 Å². The highest BCUT2D eigenvalue weighted by molar-refractivity contribution is 9.10.